The lowest BCUT2D eigenvalue weighted by Crippen LogP contribution is -2.33. The summed E-state index contributed by atoms with van der Waals surface area (Å²) in [6, 6.07) is 0. The SMILES string of the molecule is CCCCCCCCCCCCN(CCC(=O)OCC)CC(CC)CCCC. The molecule has 0 spiro atoms. The lowest BCUT2D eigenvalue weighted by molar-refractivity contribution is -0.143. The number of unbranched alkanes of at least 4 members (excludes halogenated alkanes) is 10. The molecular weight excluding hydrogens is 346 g/mol. The normalized spacial score (nSPS) is 12.5. The first-order valence-corrected chi connectivity index (χ1v) is 12.6. The molecule has 0 saturated carbocycles. The molecule has 0 fully saturated rings. The Hall–Kier alpha value is -0.570. The second-order valence-corrected chi connectivity index (χ2v) is 8.45. The van der Waals surface area contributed by atoms with Gasteiger partial charge in [0.2, 0.25) is 0 Å². The topological polar surface area (TPSA) is 29.5 Å². The van der Waals surface area contributed by atoms with Crippen LogP contribution in [0.15, 0.2) is 0 Å². The Labute approximate surface area is 177 Å². The largest absolute Gasteiger partial charge is 0.466 e. The van der Waals surface area contributed by atoms with Gasteiger partial charge in [0.25, 0.3) is 0 Å². The Morgan fingerprint density at radius 2 is 1.32 bits per heavy atom. The second-order valence-electron chi connectivity index (χ2n) is 8.45. The van der Waals surface area contributed by atoms with Gasteiger partial charge in [0.05, 0.1) is 13.0 Å². The molecule has 0 saturated heterocycles. The molecular formula is C25H51NO2. The van der Waals surface area contributed by atoms with E-state index < -0.39 is 0 Å². The lowest BCUT2D eigenvalue weighted by atomic mass is 9.98. The van der Waals surface area contributed by atoms with Crippen LogP contribution in [0.1, 0.15) is 124 Å². The molecule has 0 rings (SSSR count). The summed E-state index contributed by atoms with van der Waals surface area (Å²) in [6.07, 6.45) is 19.5. The van der Waals surface area contributed by atoms with Crippen molar-refractivity contribution in [3.05, 3.63) is 0 Å². The highest BCUT2D eigenvalue weighted by molar-refractivity contribution is 5.69. The van der Waals surface area contributed by atoms with Crippen LogP contribution in [0.2, 0.25) is 0 Å². The monoisotopic (exact) mass is 397 g/mol. The quantitative estimate of drug-likeness (QED) is 0.149. The van der Waals surface area contributed by atoms with Gasteiger partial charge >= 0.3 is 5.97 Å². The molecule has 0 heterocycles. The van der Waals surface area contributed by atoms with E-state index in [0.29, 0.717) is 13.0 Å². The number of ether oxygens (including phenoxy) is 1. The average Bonchev–Trinajstić information content (AvgIpc) is 2.70. The standard InChI is InChI=1S/C25H51NO2/c1-5-9-11-12-13-14-15-16-17-18-21-26(22-20-25(27)28-8-4)23-24(7-3)19-10-6-2/h24H,5-23H2,1-4H3. The van der Waals surface area contributed by atoms with E-state index in [2.05, 4.69) is 25.7 Å². The molecule has 0 aromatic carbocycles. The van der Waals surface area contributed by atoms with E-state index in [0.717, 1.165) is 25.6 Å². The maximum absolute atomic E-state index is 11.8. The van der Waals surface area contributed by atoms with E-state index in [1.807, 2.05) is 6.92 Å². The predicted molar refractivity (Wildman–Crippen MR) is 123 cm³/mol. The van der Waals surface area contributed by atoms with Crippen LogP contribution in [0, 0.1) is 5.92 Å². The first-order valence-electron chi connectivity index (χ1n) is 12.6. The highest BCUT2D eigenvalue weighted by atomic mass is 16.5. The summed E-state index contributed by atoms with van der Waals surface area (Å²) >= 11 is 0. The number of esters is 1. The van der Waals surface area contributed by atoms with Gasteiger partial charge in [0, 0.05) is 13.1 Å². The molecule has 0 radical (unpaired) electrons. The molecule has 28 heavy (non-hydrogen) atoms. The maximum Gasteiger partial charge on any atom is 0.307 e. The summed E-state index contributed by atoms with van der Waals surface area (Å²) in [5.74, 6) is 0.724. The van der Waals surface area contributed by atoms with Crippen molar-refractivity contribution in [2.45, 2.75) is 124 Å². The van der Waals surface area contributed by atoms with E-state index >= 15 is 0 Å². The molecule has 0 aliphatic carbocycles. The number of hydrogen-bond donors (Lipinski definition) is 0. The van der Waals surface area contributed by atoms with Crippen LogP contribution in [0.25, 0.3) is 0 Å². The molecule has 0 bridgehead atoms. The van der Waals surface area contributed by atoms with Crippen LogP contribution in [-0.4, -0.2) is 37.1 Å². The molecule has 0 aliphatic rings. The van der Waals surface area contributed by atoms with E-state index in [-0.39, 0.29) is 5.97 Å². The fourth-order valence-electron chi connectivity index (χ4n) is 3.88. The first kappa shape index (κ1) is 27.4. The molecule has 1 unspecified atom stereocenters. The molecule has 0 N–H and O–H groups in total. The van der Waals surface area contributed by atoms with Gasteiger partial charge < -0.3 is 9.64 Å². The van der Waals surface area contributed by atoms with Crippen LogP contribution in [0.5, 0.6) is 0 Å². The molecule has 0 aromatic rings. The predicted octanol–water partition coefficient (Wildman–Crippen LogP) is 7.38. The zero-order chi connectivity index (χ0) is 20.9. The fourth-order valence-corrected chi connectivity index (χ4v) is 3.88. The molecule has 3 nitrogen and oxygen atoms in total. The number of carbonyl (C=O) groups is 1. The van der Waals surface area contributed by atoms with Gasteiger partial charge in [0.1, 0.15) is 0 Å². The highest BCUT2D eigenvalue weighted by Gasteiger charge is 2.14. The molecule has 0 aromatic heterocycles. The van der Waals surface area contributed by atoms with Crippen molar-refractivity contribution < 1.29 is 9.53 Å². The minimum Gasteiger partial charge on any atom is -0.466 e. The van der Waals surface area contributed by atoms with Crippen molar-refractivity contribution in [3.8, 4) is 0 Å². The zero-order valence-electron chi connectivity index (χ0n) is 19.8. The summed E-state index contributed by atoms with van der Waals surface area (Å²) in [5.41, 5.74) is 0. The summed E-state index contributed by atoms with van der Waals surface area (Å²) in [4.78, 5) is 14.3. The average molecular weight is 398 g/mol. The third kappa shape index (κ3) is 17.5. The van der Waals surface area contributed by atoms with Crippen molar-refractivity contribution in [1.29, 1.82) is 0 Å². The Morgan fingerprint density at radius 1 is 0.750 bits per heavy atom. The summed E-state index contributed by atoms with van der Waals surface area (Å²) < 4.78 is 5.13. The van der Waals surface area contributed by atoms with E-state index in [1.165, 1.54) is 89.9 Å². The third-order valence-corrected chi connectivity index (χ3v) is 5.83. The minimum absolute atomic E-state index is 0.0443. The maximum atomic E-state index is 11.8. The fraction of sp³-hybridized carbons (Fsp3) is 0.960. The molecule has 1 atom stereocenters. The van der Waals surface area contributed by atoms with Crippen LogP contribution < -0.4 is 0 Å². The van der Waals surface area contributed by atoms with Gasteiger partial charge in [-0.15, -0.1) is 0 Å². The second kappa shape index (κ2) is 21.1. The molecule has 3 heteroatoms. The number of rotatable bonds is 21. The molecule has 0 aliphatic heterocycles. The summed E-state index contributed by atoms with van der Waals surface area (Å²) in [5, 5.41) is 0. The van der Waals surface area contributed by atoms with Crippen LogP contribution in [0.4, 0.5) is 0 Å². The zero-order valence-corrected chi connectivity index (χ0v) is 19.8. The highest BCUT2D eigenvalue weighted by Crippen LogP contribution is 2.16. The van der Waals surface area contributed by atoms with Gasteiger partial charge in [0.15, 0.2) is 0 Å². The number of nitrogens with zero attached hydrogens (tertiary/aromatic N) is 1. The van der Waals surface area contributed by atoms with Gasteiger partial charge in [-0.3, -0.25) is 4.79 Å². The van der Waals surface area contributed by atoms with Gasteiger partial charge in [-0.1, -0.05) is 97.8 Å². The van der Waals surface area contributed by atoms with Crippen molar-refractivity contribution in [2.24, 2.45) is 5.92 Å². The molecule has 168 valence electrons. The Balaban J connectivity index is 4.06. The van der Waals surface area contributed by atoms with Crippen LogP contribution >= 0.6 is 0 Å². The van der Waals surface area contributed by atoms with E-state index in [1.54, 1.807) is 0 Å². The first-order chi connectivity index (χ1) is 13.7. The Morgan fingerprint density at radius 3 is 1.86 bits per heavy atom. The van der Waals surface area contributed by atoms with Crippen LogP contribution in [0.3, 0.4) is 0 Å². The Bertz CT molecular complexity index is 333. The third-order valence-electron chi connectivity index (χ3n) is 5.83. The summed E-state index contributed by atoms with van der Waals surface area (Å²) in [7, 11) is 0. The smallest absolute Gasteiger partial charge is 0.307 e. The number of carbonyl (C=O) groups excluding carboxylic acids is 1. The van der Waals surface area contributed by atoms with Gasteiger partial charge in [-0.2, -0.15) is 0 Å². The van der Waals surface area contributed by atoms with E-state index in [9.17, 15) is 4.79 Å². The van der Waals surface area contributed by atoms with Crippen molar-refractivity contribution >= 4 is 5.97 Å². The number of hydrogen-bond acceptors (Lipinski definition) is 3. The van der Waals surface area contributed by atoms with Gasteiger partial charge in [-0.25, -0.2) is 0 Å². The Kier molecular flexibility index (Phi) is 20.7. The van der Waals surface area contributed by atoms with Crippen molar-refractivity contribution in [2.75, 3.05) is 26.2 Å². The van der Waals surface area contributed by atoms with Crippen molar-refractivity contribution in [3.63, 3.8) is 0 Å². The van der Waals surface area contributed by atoms with E-state index in [4.69, 9.17) is 4.74 Å². The van der Waals surface area contributed by atoms with Crippen LogP contribution in [-0.2, 0) is 9.53 Å². The molecule has 0 amide bonds. The summed E-state index contributed by atoms with van der Waals surface area (Å²) in [6.45, 7) is 12.4. The lowest BCUT2D eigenvalue weighted by Gasteiger charge is -2.27. The van der Waals surface area contributed by atoms with Crippen molar-refractivity contribution in [1.82, 2.24) is 4.90 Å². The van der Waals surface area contributed by atoms with Gasteiger partial charge in [-0.05, 0) is 32.2 Å². The minimum atomic E-state index is -0.0443.